The monoisotopic (exact) mass is 223 g/mol. The molecule has 1 unspecified atom stereocenters. The Labute approximate surface area is 84.7 Å². The van der Waals surface area contributed by atoms with E-state index < -0.39 is 10.0 Å². The maximum Gasteiger partial charge on any atom is 0.213 e. The summed E-state index contributed by atoms with van der Waals surface area (Å²) in [5.74, 6) is 1.17. The first-order valence-electron chi connectivity index (χ1n) is 4.62. The average molecular weight is 223 g/mol. The smallest absolute Gasteiger partial charge is 0.213 e. The number of hydrogen-bond acceptors (Lipinski definition) is 3. The van der Waals surface area contributed by atoms with Crippen molar-refractivity contribution in [1.29, 1.82) is 0 Å². The molecule has 1 N–H and O–H groups in total. The van der Waals surface area contributed by atoms with Crippen LogP contribution in [0, 0.1) is 0 Å². The molecular weight excluding hydrogens is 206 g/mol. The van der Waals surface area contributed by atoms with Crippen LogP contribution in [0.15, 0.2) is 0 Å². The van der Waals surface area contributed by atoms with Gasteiger partial charge in [0.05, 0.1) is 5.25 Å². The van der Waals surface area contributed by atoms with E-state index in [9.17, 15) is 8.42 Å². The highest BCUT2D eigenvalue weighted by molar-refractivity contribution is 8.00. The van der Waals surface area contributed by atoms with Crippen LogP contribution in [-0.4, -0.2) is 31.2 Å². The highest BCUT2D eigenvalue weighted by Crippen LogP contribution is 2.25. The SMILES string of the molecule is CC(C)S(=O)(=O)NCC1CCCS1. The lowest BCUT2D eigenvalue weighted by molar-refractivity contribution is 0.570. The molecule has 0 aromatic rings. The normalized spacial score (nSPS) is 24.1. The third-order valence-electron chi connectivity index (χ3n) is 2.16. The van der Waals surface area contributed by atoms with E-state index in [1.807, 2.05) is 11.8 Å². The predicted molar refractivity (Wildman–Crippen MR) is 57.5 cm³/mol. The summed E-state index contributed by atoms with van der Waals surface area (Å²) in [4.78, 5) is 0. The van der Waals surface area contributed by atoms with Gasteiger partial charge in [-0.1, -0.05) is 0 Å². The molecule has 0 aromatic carbocycles. The Hall–Kier alpha value is 0.260. The lowest BCUT2D eigenvalue weighted by Crippen LogP contribution is -2.34. The van der Waals surface area contributed by atoms with Crippen molar-refractivity contribution in [3.05, 3.63) is 0 Å². The van der Waals surface area contributed by atoms with Gasteiger partial charge in [-0.15, -0.1) is 0 Å². The molecule has 0 bridgehead atoms. The molecule has 1 atom stereocenters. The molecule has 0 aliphatic carbocycles. The van der Waals surface area contributed by atoms with Crippen LogP contribution in [0.4, 0.5) is 0 Å². The molecule has 1 heterocycles. The second-order valence-electron chi connectivity index (χ2n) is 3.58. The van der Waals surface area contributed by atoms with Gasteiger partial charge in [-0.05, 0) is 32.4 Å². The zero-order valence-electron chi connectivity index (χ0n) is 8.12. The van der Waals surface area contributed by atoms with Gasteiger partial charge in [0.15, 0.2) is 0 Å². The molecule has 0 radical (unpaired) electrons. The van der Waals surface area contributed by atoms with Crippen molar-refractivity contribution < 1.29 is 8.42 Å². The van der Waals surface area contributed by atoms with E-state index in [2.05, 4.69) is 4.72 Å². The van der Waals surface area contributed by atoms with E-state index in [0.29, 0.717) is 11.8 Å². The second-order valence-corrected chi connectivity index (χ2v) is 7.31. The molecule has 0 aromatic heterocycles. The summed E-state index contributed by atoms with van der Waals surface area (Å²) >= 11 is 1.87. The van der Waals surface area contributed by atoms with Gasteiger partial charge in [0.1, 0.15) is 0 Å². The zero-order valence-corrected chi connectivity index (χ0v) is 9.75. The third-order valence-corrected chi connectivity index (χ3v) is 5.37. The molecule has 1 rings (SSSR count). The fourth-order valence-corrected chi connectivity index (χ4v) is 3.25. The molecule has 13 heavy (non-hydrogen) atoms. The minimum Gasteiger partial charge on any atom is -0.214 e. The van der Waals surface area contributed by atoms with Gasteiger partial charge >= 0.3 is 0 Å². The molecule has 1 aliphatic heterocycles. The molecule has 1 fully saturated rings. The van der Waals surface area contributed by atoms with Crippen molar-refractivity contribution in [3.63, 3.8) is 0 Å². The van der Waals surface area contributed by atoms with E-state index >= 15 is 0 Å². The maximum atomic E-state index is 11.4. The van der Waals surface area contributed by atoms with Crippen LogP contribution in [0.2, 0.25) is 0 Å². The Kier molecular flexibility index (Phi) is 4.06. The van der Waals surface area contributed by atoms with Gasteiger partial charge in [0.2, 0.25) is 10.0 Å². The van der Waals surface area contributed by atoms with Crippen LogP contribution in [0.5, 0.6) is 0 Å². The lowest BCUT2D eigenvalue weighted by atomic mass is 10.2. The van der Waals surface area contributed by atoms with Crippen LogP contribution >= 0.6 is 11.8 Å². The summed E-state index contributed by atoms with van der Waals surface area (Å²) in [6.45, 7) is 4.00. The largest absolute Gasteiger partial charge is 0.214 e. The first kappa shape index (κ1) is 11.3. The Bertz CT molecular complexity index is 243. The summed E-state index contributed by atoms with van der Waals surface area (Å²) in [6, 6.07) is 0. The minimum atomic E-state index is -3.05. The Morgan fingerprint density at radius 2 is 2.23 bits per heavy atom. The topological polar surface area (TPSA) is 46.2 Å². The first-order chi connectivity index (χ1) is 6.02. The first-order valence-corrected chi connectivity index (χ1v) is 7.22. The Balaban J connectivity index is 2.33. The number of rotatable bonds is 4. The van der Waals surface area contributed by atoms with E-state index in [1.165, 1.54) is 12.2 Å². The molecule has 0 amide bonds. The van der Waals surface area contributed by atoms with Gasteiger partial charge in [0, 0.05) is 11.8 Å². The summed E-state index contributed by atoms with van der Waals surface area (Å²) in [7, 11) is -3.05. The van der Waals surface area contributed by atoms with Crippen molar-refractivity contribution in [2.45, 2.75) is 37.2 Å². The van der Waals surface area contributed by atoms with Gasteiger partial charge < -0.3 is 0 Å². The predicted octanol–water partition coefficient (Wildman–Crippen LogP) is 1.21. The van der Waals surface area contributed by atoms with E-state index in [-0.39, 0.29) is 5.25 Å². The average Bonchev–Trinajstić information content (AvgIpc) is 2.52. The van der Waals surface area contributed by atoms with E-state index in [0.717, 1.165) is 6.42 Å². The van der Waals surface area contributed by atoms with Gasteiger partial charge in [-0.2, -0.15) is 11.8 Å². The summed E-state index contributed by atoms with van der Waals surface area (Å²) in [5, 5.41) is 0.174. The maximum absolute atomic E-state index is 11.4. The Morgan fingerprint density at radius 1 is 1.54 bits per heavy atom. The summed E-state index contributed by atoms with van der Waals surface area (Å²) < 4.78 is 25.4. The minimum absolute atomic E-state index is 0.320. The summed E-state index contributed by atoms with van der Waals surface area (Å²) in [6.07, 6.45) is 2.37. The van der Waals surface area contributed by atoms with Crippen LogP contribution in [0.25, 0.3) is 0 Å². The molecule has 1 aliphatic rings. The standard InChI is InChI=1S/C8H17NO2S2/c1-7(2)13(10,11)9-6-8-4-3-5-12-8/h7-9H,3-6H2,1-2H3. The molecule has 0 spiro atoms. The number of nitrogens with one attached hydrogen (secondary N) is 1. The molecule has 5 heteroatoms. The van der Waals surface area contributed by atoms with Crippen LogP contribution < -0.4 is 4.72 Å². The lowest BCUT2D eigenvalue weighted by Gasteiger charge is -2.12. The second kappa shape index (κ2) is 4.66. The number of thioether (sulfide) groups is 1. The molecule has 3 nitrogen and oxygen atoms in total. The molecule has 0 saturated carbocycles. The zero-order chi connectivity index (χ0) is 9.90. The van der Waals surface area contributed by atoms with E-state index in [1.54, 1.807) is 13.8 Å². The fraction of sp³-hybridized carbons (Fsp3) is 1.00. The molecular formula is C8H17NO2S2. The number of hydrogen-bond donors (Lipinski definition) is 1. The van der Waals surface area contributed by atoms with Gasteiger partial charge in [0.25, 0.3) is 0 Å². The third kappa shape index (κ3) is 3.48. The van der Waals surface area contributed by atoms with Gasteiger partial charge in [-0.25, -0.2) is 13.1 Å². The van der Waals surface area contributed by atoms with Crippen LogP contribution in [-0.2, 0) is 10.0 Å². The van der Waals surface area contributed by atoms with Crippen molar-refractivity contribution in [3.8, 4) is 0 Å². The van der Waals surface area contributed by atoms with Gasteiger partial charge in [-0.3, -0.25) is 0 Å². The van der Waals surface area contributed by atoms with Crippen molar-refractivity contribution in [2.75, 3.05) is 12.3 Å². The molecule has 1 saturated heterocycles. The van der Waals surface area contributed by atoms with E-state index in [4.69, 9.17) is 0 Å². The fourth-order valence-electron chi connectivity index (χ4n) is 1.18. The highest BCUT2D eigenvalue weighted by atomic mass is 32.2. The van der Waals surface area contributed by atoms with Crippen LogP contribution in [0.3, 0.4) is 0 Å². The van der Waals surface area contributed by atoms with Crippen molar-refractivity contribution in [2.24, 2.45) is 0 Å². The number of sulfonamides is 1. The Morgan fingerprint density at radius 3 is 2.69 bits per heavy atom. The summed E-state index contributed by atoms with van der Waals surface area (Å²) in [5.41, 5.74) is 0. The quantitative estimate of drug-likeness (QED) is 0.779. The van der Waals surface area contributed by atoms with Crippen molar-refractivity contribution in [1.82, 2.24) is 4.72 Å². The van der Waals surface area contributed by atoms with Crippen LogP contribution in [0.1, 0.15) is 26.7 Å². The van der Waals surface area contributed by atoms with Crippen molar-refractivity contribution >= 4 is 21.8 Å². The molecule has 78 valence electrons. The highest BCUT2D eigenvalue weighted by Gasteiger charge is 2.20.